The van der Waals surface area contributed by atoms with Gasteiger partial charge in [0.2, 0.25) is 0 Å². The molecular formula is C53H47N. The van der Waals surface area contributed by atoms with Gasteiger partial charge in [0.15, 0.2) is 0 Å². The maximum atomic E-state index is 2.49. The lowest BCUT2D eigenvalue weighted by molar-refractivity contribution is -0.00518. The number of hydrogen-bond donors (Lipinski definition) is 0. The molecule has 0 atom stereocenters. The molecule has 7 aromatic rings. The molecule has 0 aliphatic heterocycles. The summed E-state index contributed by atoms with van der Waals surface area (Å²) in [5.74, 6) is 2.90. The van der Waals surface area contributed by atoms with E-state index in [1.165, 1.54) is 99.5 Å². The van der Waals surface area contributed by atoms with Gasteiger partial charge in [-0.25, -0.2) is 0 Å². The van der Waals surface area contributed by atoms with Gasteiger partial charge in [0.05, 0.1) is 0 Å². The number of fused-ring (bicyclic) bond motifs is 4. The molecule has 4 fully saturated rings. The summed E-state index contributed by atoms with van der Waals surface area (Å²) in [5, 5.41) is 2.61. The van der Waals surface area contributed by atoms with E-state index in [0.29, 0.717) is 5.41 Å². The van der Waals surface area contributed by atoms with E-state index in [9.17, 15) is 0 Å². The molecule has 0 saturated heterocycles. The van der Waals surface area contributed by atoms with Crippen molar-refractivity contribution in [1.82, 2.24) is 0 Å². The van der Waals surface area contributed by atoms with Crippen molar-refractivity contribution in [2.75, 3.05) is 4.90 Å². The molecule has 0 radical (unpaired) electrons. The predicted molar refractivity (Wildman–Crippen MR) is 227 cm³/mol. The zero-order chi connectivity index (χ0) is 36.0. The van der Waals surface area contributed by atoms with Gasteiger partial charge < -0.3 is 4.90 Å². The van der Waals surface area contributed by atoms with E-state index < -0.39 is 0 Å². The molecule has 12 rings (SSSR count). The van der Waals surface area contributed by atoms with E-state index in [-0.39, 0.29) is 5.41 Å². The Bertz CT molecular complexity index is 2500. The van der Waals surface area contributed by atoms with E-state index in [2.05, 4.69) is 176 Å². The first kappa shape index (κ1) is 32.1. The van der Waals surface area contributed by atoms with Crippen LogP contribution < -0.4 is 4.90 Å². The lowest BCUT2D eigenvalue weighted by Gasteiger charge is -2.57. The average Bonchev–Trinajstić information content (AvgIpc) is 3.43. The van der Waals surface area contributed by atoms with Crippen LogP contribution in [0.5, 0.6) is 0 Å². The normalized spacial score (nSPS) is 23.0. The van der Waals surface area contributed by atoms with Crippen LogP contribution in [0, 0.1) is 17.8 Å². The van der Waals surface area contributed by atoms with Crippen molar-refractivity contribution in [2.24, 2.45) is 17.8 Å². The molecule has 0 N–H and O–H groups in total. The van der Waals surface area contributed by atoms with Crippen LogP contribution >= 0.6 is 0 Å². The summed E-state index contributed by atoms with van der Waals surface area (Å²) in [6.07, 6.45) is 8.72. The van der Waals surface area contributed by atoms with Crippen molar-refractivity contribution < 1.29 is 0 Å². The third kappa shape index (κ3) is 4.97. The third-order valence-corrected chi connectivity index (χ3v) is 14.0. The van der Waals surface area contributed by atoms with Crippen LogP contribution in [0.15, 0.2) is 158 Å². The minimum Gasteiger partial charge on any atom is -0.310 e. The molecule has 4 bridgehead atoms. The van der Waals surface area contributed by atoms with Gasteiger partial charge >= 0.3 is 0 Å². The first-order chi connectivity index (χ1) is 26.4. The monoisotopic (exact) mass is 697 g/mol. The minimum atomic E-state index is -0.0577. The minimum absolute atomic E-state index is 0.0577. The third-order valence-electron chi connectivity index (χ3n) is 14.0. The maximum absolute atomic E-state index is 2.49. The highest BCUT2D eigenvalue weighted by atomic mass is 15.1. The second-order valence-corrected chi connectivity index (χ2v) is 17.6. The molecule has 5 aliphatic carbocycles. The Morgan fingerprint density at radius 3 is 1.54 bits per heavy atom. The summed E-state index contributed by atoms with van der Waals surface area (Å²) in [7, 11) is 0. The molecule has 0 aromatic heterocycles. The smallest absolute Gasteiger partial charge is 0.0465 e. The lowest BCUT2D eigenvalue weighted by atomic mass is 9.48. The first-order valence-electron chi connectivity index (χ1n) is 20.3. The van der Waals surface area contributed by atoms with Gasteiger partial charge in [-0.3, -0.25) is 0 Å². The van der Waals surface area contributed by atoms with Crippen LogP contribution in [0.3, 0.4) is 0 Å². The van der Waals surface area contributed by atoms with E-state index in [1.54, 1.807) is 5.56 Å². The Morgan fingerprint density at radius 2 is 0.907 bits per heavy atom. The largest absolute Gasteiger partial charge is 0.310 e. The standard InChI is InChI=1S/C53H47N/c1-52(2)50-15-9-8-14-48(50)49-25-24-43(31-51(49)52)54(41-10-4-3-5-11-41)42-22-18-39(19-23-42)45-27-26-44(46-12-6-7-13-47(45)46)38-16-20-40(21-17-38)53-32-35-28-36(33-53)30-37(29-35)34-53/h3-27,31,35-37H,28-30,32-34H2,1-2H3. The van der Waals surface area contributed by atoms with Gasteiger partial charge in [-0.2, -0.15) is 0 Å². The van der Waals surface area contributed by atoms with Crippen LogP contribution in [0.1, 0.15) is 69.1 Å². The Hall–Kier alpha value is -5.40. The Balaban J connectivity index is 0.934. The second kappa shape index (κ2) is 12.1. The van der Waals surface area contributed by atoms with Gasteiger partial charge in [0, 0.05) is 22.5 Å². The number of benzene rings is 7. The van der Waals surface area contributed by atoms with Crippen molar-refractivity contribution in [2.45, 2.75) is 63.2 Å². The quantitative estimate of drug-likeness (QED) is 0.167. The molecule has 4 saturated carbocycles. The number of hydrogen-bond acceptors (Lipinski definition) is 1. The van der Waals surface area contributed by atoms with Gasteiger partial charge in [-0.05, 0) is 159 Å². The lowest BCUT2D eigenvalue weighted by Crippen LogP contribution is -2.48. The number of para-hydroxylation sites is 1. The number of nitrogens with zero attached hydrogens (tertiary/aromatic N) is 1. The zero-order valence-electron chi connectivity index (χ0n) is 31.4. The Kier molecular flexibility index (Phi) is 7.16. The Morgan fingerprint density at radius 1 is 0.426 bits per heavy atom. The molecule has 7 aromatic carbocycles. The molecule has 264 valence electrons. The average molecular weight is 698 g/mol. The fourth-order valence-corrected chi connectivity index (χ4v) is 11.9. The summed E-state index contributed by atoms with van der Waals surface area (Å²) in [6.45, 7) is 4.72. The van der Waals surface area contributed by atoms with E-state index in [1.807, 2.05) is 0 Å². The van der Waals surface area contributed by atoms with Crippen molar-refractivity contribution in [3.05, 3.63) is 174 Å². The molecule has 54 heavy (non-hydrogen) atoms. The van der Waals surface area contributed by atoms with Crippen LogP contribution in [0.2, 0.25) is 0 Å². The highest BCUT2D eigenvalue weighted by Gasteiger charge is 2.51. The fraction of sp³-hybridized carbons (Fsp3) is 0.245. The van der Waals surface area contributed by atoms with Crippen molar-refractivity contribution >= 4 is 27.8 Å². The van der Waals surface area contributed by atoms with Crippen LogP contribution in [0.25, 0.3) is 44.2 Å². The van der Waals surface area contributed by atoms with Gasteiger partial charge in [0.25, 0.3) is 0 Å². The van der Waals surface area contributed by atoms with Crippen LogP contribution in [-0.4, -0.2) is 0 Å². The number of rotatable bonds is 6. The number of anilines is 3. The molecule has 0 amide bonds. The van der Waals surface area contributed by atoms with Crippen molar-refractivity contribution in [3.8, 4) is 33.4 Å². The molecular weight excluding hydrogens is 651 g/mol. The fourth-order valence-electron chi connectivity index (χ4n) is 11.9. The second-order valence-electron chi connectivity index (χ2n) is 17.6. The molecule has 1 heteroatoms. The van der Waals surface area contributed by atoms with Crippen molar-refractivity contribution in [3.63, 3.8) is 0 Å². The molecule has 5 aliphatic rings. The van der Waals surface area contributed by atoms with Crippen LogP contribution in [-0.2, 0) is 10.8 Å². The zero-order valence-corrected chi connectivity index (χ0v) is 31.4. The Labute approximate surface area is 320 Å². The highest BCUT2D eigenvalue weighted by molar-refractivity contribution is 6.05. The molecule has 0 unspecified atom stereocenters. The van der Waals surface area contributed by atoms with Gasteiger partial charge in [0.1, 0.15) is 0 Å². The summed E-state index contributed by atoms with van der Waals surface area (Å²) < 4.78 is 0. The topological polar surface area (TPSA) is 3.24 Å². The van der Waals surface area contributed by atoms with Gasteiger partial charge in [-0.1, -0.05) is 135 Å². The SMILES string of the molecule is CC1(C)c2ccccc2-c2ccc(N(c3ccccc3)c3ccc(-c4ccc(-c5ccc(C67CC8CC(CC(C8)C6)C7)cc5)c5ccccc45)cc3)cc21. The maximum Gasteiger partial charge on any atom is 0.0465 e. The summed E-state index contributed by atoms with van der Waals surface area (Å²) >= 11 is 0. The summed E-state index contributed by atoms with van der Waals surface area (Å²) in [5.41, 5.74) is 16.1. The molecule has 1 nitrogen and oxygen atoms in total. The van der Waals surface area contributed by atoms with Crippen molar-refractivity contribution in [1.29, 1.82) is 0 Å². The summed E-state index contributed by atoms with van der Waals surface area (Å²) in [4.78, 5) is 2.40. The van der Waals surface area contributed by atoms with E-state index in [4.69, 9.17) is 0 Å². The predicted octanol–water partition coefficient (Wildman–Crippen LogP) is 14.4. The highest BCUT2D eigenvalue weighted by Crippen LogP contribution is 2.61. The first-order valence-corrected chi connectivity index (χ1v) is 20.3. The van der Waals surface area contributed by atoms with E-state index in [0.717, 1.165) is 29.1 Å². The molecule has 0 spiro atoms. The summed E-state index contributed by atoms with van der Waals surface area (Å²) in [6, 6.07) is 59.4. The molecule has 0 heterocycles. The van der Waals surface area contributed by atoms with Gasteiger partial charge in [-0.15, -0.1) is 0 Å². The van der Waals surface area contributed by atoms with Crippen LogP contribution in [0.4, 0.5) is 17.1 Å². The van der Waals surface area contributed by atoms with E-state index >= 15 is 0 Å².